The maximum Gasteiger partial charge on any atom is 0.339 e. The van der Waals surface area contributed by atoms with Crippen molar-refractivity contribution in [3.05, 3.63) is 70.8 Å². The van der Waals surface area contributed by atoms with E-state index in [9.17, 15) is 9.59 Å². The van der Waals surface area contributed by atoms with E-state index in [0.717, 1.165) is 5.56 Å². The van der Waals surface area contributed by atoms with E-state index >= 15 is 0 Å². The van der Waals surface area contributed by atoms with Crippen LogP contribution in [0.2, 0.25) is 5.02 Å². The molecular formula is C19H15ClO5. The van der Waals surface area contributed by atoms with Crippen molar-refractivity contribution in [1.29, 1.82) is 0 Å². The van der Waals surface area contributed by atoms with Crippen LogP contribution in [0.5, 0.6) is 5.75 Å². The summed E-state index contributed by atoms with van der Waals surface area (Å²) in [7, 11) is 1.57. The Morgan fingerprint density at radius 2 is 1.80 bits per heavy atom. The van der Waals surface area contributed by atoms with Crippen molar-refractivity contribution >= 4 is 29.1 Å². The van der Waals surface area contributed by atoms with Crippen molar-refractivity contribution in [3.63, 3.8) is 0 Å². The molecule has 0 spiro atoms. The number of hydrogen-bond acceptors (Lipinski definition) is 5. The molecule has 0 N–H and O–H groups in total. The summed E-state index contributed by atoms with van der Waals surface area (Å²) in [6.45, 7) is -0.0488. The minimum Gasteiger partial charge on any atom is -0.497 e. The molecule has 1 unspecified atom stereocenters. The second-order valence-electron chi connectivity index (χ2n) is 5.36. The molecule has 1 aliphatic heterocycles. The van der Waals surface area contributed by atoms with Gasteiger partial charge in [0.25, 0.3) is 0 Å². The Hall–Kier alpha value is -2.79. The third-order valence-electron chi connectivity index (χ3n) is 3.69. The first-order valence-corrected chi connectivity index (χ1v) is 7.94. The van der Waals surface area contributed by atoms with Crippen molar-refractivity contribution in [2.75, 3.05) is 13.7 Å². The van der Waals surface area contributed by atoms with Gasteiger partial charge in [0.2, 0.25) is 0 Å². The lowest BCUT2D eigenvalue weighted by atomic mass is 10.1. The fourth-order valence-corrected chi connectivity index (χ4v) is 2.51. The minimum atomic E-state index is -0.610. The minimum absolute atomic E-state index is 0.0488. The molecule has 2 aromatic carbocycles. The van der Waals surface area contributed by atoms with E-state index in [1.165, 1.54) is 0 Å². The van der Waals surface area contributed by atoms with Crippen LogP contribution in [0, 0.1) is 0 Å². The van der Waals surface area contributed by atoms with Gasteiger partial charge in [0.05, 0.1) is 18.2 Å². The van der Waals surface area contributed by atoms with Gasteiger partial charge < -0.3 is 14.2 Å². The number of cyclic esters (lactones) is 1. The van der Waals surface area contributed by atoms with E-state index in [-0.39, 0.29) is 6.61 Å². The average Bonchev–Trinajstić information content (AvgIpc) is 3.01. The Labute approximate surface area is 149 Å². The van der Waals surface area contributed by atoms with Crippen LogP contribution in [0.1, 0.15) is 15.9 Å². The van der Waals surface area contributed by atoms with Gasteiger partial charge in [-0.15, -0.1) is 0 Å². The van der Waals surface area contributed by atoms with Gasteiger partial charge in [-0.05, 0) is 48.0 Å². The molecule has 0 radical (unpaired) electrons. The highest BCUT2D eigenvalue weighted by Gasteiger charge is 2.27. The van der Waals surface area contributed by atoms with Gasteiger partial charge in [-0.25, -0.2) is 9.59 Å². The van der Waals surface area contributed by atoms with Crippen molar-refractivity contribution in [3.8, 4) is 5.75 Å². The summed E-state index contributed by atoms with van der Waals surface area (Å²) in [4.78, 5) is 24.0. The first-order valence-electron chi connectivity index (χ1n) is 7.57. The van der Waals surface area contributed by atoms with Crippen LogP contribution in [0.3, 0.4) is 0 Å². The Morgan fingerprint density at radius 1 is 1.12 bits per heavy atom. The zero-order valence-electron chi connectivity index (χ0n) is 13.4. The monoisotopic (exact) mass is 358 g/mol. The molecule has 1 aliphatic rings. The summed E-state index contributed by atoms with van der Waals surface area (Å²) < 4.78 is 15.5. The lowest BCUT2D eigenvalue weighted by Gasteiger charge is -2.09. The van der Waals surface area contributed by atoms with Crippen LogP contribution >= 0.6 is 11.6 Å². The second kappa shape index (κ2) is 7.40. The van der Waals surface area contributed by atoms with Crippen molar-refractivity contribution < 1.29 is 23.8 Å². The Balaban J connectivity index is 1.63. The standard InChI is InChI=1S/C19H15ClO5/c1-23-15-8-4-12(5-9-15)17-10-16(25-19(17)22)11-24-18(21)13-2-6-14(20)7-3-13/h2-10,16H,11H2,1H3. The van der Waals surface area contributed by atoms with Gasteiger partial charge in [-0.2, -0.15) is 0 Å². The number of benzene rings is 2. The van der Waals surface area contributed by atoms with Crippen molar-refractivity contribution in [2.45, 2.75) is 6.10 Å². The molecule has 0 fully saturated rings. The first-order chi connectivity index (χ1) is 12.1. The molecule has 0 saturated heterocycles. The highest BCUT2D eigenvalue weighted by Crippen LogP contribution is 2.26. The number of carbonyl (C=O) groups excluding carboxylic acids is 2. The summed E-state index contributed by atoms with van der Waals surface area (Å²) in [5, 5.41) is 0.535. The third-order valence-corrected chi connectivity index (χ3v) is 3.94. The molecule has 1 atom stereocenters. The Kier molecular flexibility index (Phi) is 5.05. The molecule has 0 bridgehead atoms. The fraction of sp³-hybridized carbons (Fsp3) is 0.158. The summed E-state index contributed by atoms with van der Waals surface area (Å²) >= 11 is 5.78. The summed E-state index contributed by atoms with van der Waals surface area (Å²) in [5.41, 5.74) is 1.54. The van der Waals surface area contributed by atoms with E-state index in [2.05, 4.69) is 0 Å². The average molecular weight is 359 g/mol. The zero-order valence-corrected chi connectivity index (χ0v) is 14.2. The molecule has 1 heterocycles. The van der Waals surface area contributed by atoms with Crippen LogP contribution in [0.25, 0.3) is 5.57 Å². The molecule has 0 aromatic heterocycles. The lowest BCUT2D eigenvalue weighted by molar-refractivity contribution is -0.139. The highest BCUT2D eigenvalue weighted by molar-refractivity contribution is 6.30. The maximum atomic E-state index is 12.0. The topological polar surface area (TPSA) is 61.8 Å². The third kappa shape index (κ3) is 4.00. The van der Waals surface area contributed by atoms with Crippen LogP contribution in [-0.4, -0.2) is 31.8 Å². The predicted octanol–water partition coefficient (Wildman–Crippen LogP) is 3.51. The smallest absolute Gasteiger partial charge is 0.339 e. The van der Waals surface area contributed by atoms with Gasteiger partial charge in [-0.3, -0.25) is 0 Å². The van der Waals surface area contributed by atoms with Crippen LogP contribution < -0.4 is 4.74 Å². The van der Waals surface area contributed by atoms with Crippen LogP contribution in [-0.2, 0) is 14.3 Å². The van der Waals surface area contributed by atoms with Crippen LogP contribution in [0.15, 0.2) is 54.6 Å². The van der Waals surface area contributed by atoms with Gasteiger partial charge in [0.1, 0.15) is 12.4 Å². The number of hydrogen-bond donors (Lipinski definition) is 0. The molecule has 2 aromatic rings. The number of ether oxygens (including phenoxy) is 3. The molecule has 128 valence electrons. The molecule has 0 aliphatic carbocycles. The fourth-order valence-electron chi connectivity index (χ4n) is 2.38. The zero-order chi connectivity index (χ0) is 17.8. The van der Waals surface area contributed by atoms with Gasteiger partial charge in [-0.1, -0.05) is 23.7 Å². The summed E-state index contributed by atoms with van der Waals surface area (Å²) in [6, 6.07) is 13.4. The molecule has 6 heteroatoms. The predicted molar refractivity (Wildman–Crippen MR) is 92.6 cm³/mol. The van der Waals surface area contributed by atoms with Gasteiger partial charge in [0.15, 0.2) is 6.10 Å². The largest absolute Gasteiger partial charge is 0.497 e. The quantitative estimate of drug-likeness (QED) is 0.765. The lowest BCUT2D eigenvalue weighted by Crippen LogP contribution is -2.18. The molecule has 25 heavy (non-hydrogen) atoms. The number of halogens is 1. The first kappa shape index (κ1) is 17.0. The molecule has 0 amide bonds. The van der Waals surface area contributed by atoms with Crippen molar-refractivity contribution in [2.24, 2.45) is 0 Å². The summed E-state index contributed by atoms with van der Waals surface area (Å²) in [6.07, 6.45) is 1.04. The normalized spacial score (nSPS) is 16.2. The molecule has 0 saturated carbocycles. The summed E-state index contributed by atoms with van der Waals surface area (Å²) in [5.74, 6) is -0.249. The number of methoxy groups -OCH3 is 1. The van der Waals surface area contributed by atoms with Crippen molar-refractivity contribution in [1.82, 2.24) is 0 Å². The van der Waals surface area contributed by atoms with E-state index in [0.29, 0.717) is 21.9 Å². The van der Waals surface area contributed by atoms with E-state index in [1.54, 1.807) is 61.7 Å². The molecule has 5 nitrogen and oxygen atoms in total. The molecular weight excluding hydrogens is 344 g/mol. The highest BCUT2D eigenvalue weighted by atomic mass is 35.5. The SMILES string of the molecule is COc1ccc(C2=CC(COC(=O)c3ccc(Cl)cc3)OC2=O)cc1. The van der Waals surface area contributed by atoms with Crippen LogP contribution in [0.4, 0.5) is 0 Å². The van der Waals surface area contributed by atoms with E-state index in [4.69, 9.17) is 25.8 Å². The Morgan fingerprint density at radius 3 is 2.44 bits per heavy atom. The van der Waals surface area contributed by atoms with E-state index < -0.39 is 18.0 Å². The Bertz CT molecular complexity index is 809. The number of rotatable bonds is 5. The second-order valence-corrected chi connectivity index (χ2v) is 5.79. The molecule has 3 rings (SSSR count). The number of carbonyl (C=O) groups is 2. The van der Waals surface area contributed by atoms with E-state index in [1.807, 2.05) is 0 Å². The maximum absolute atomic E-state index is 12.0. The van der Waals surface area contributed by atoms with Gasteiger partial charge >= 0.3 is 11.9 Å². The number of esters is 2. The van der Waals surface area contributed by atoms with Gasteiger partial charge in [0, 0.05) is 5.02 Å².